The minimum Gasteiger partial charge on any atom is -0.862 e. The van der Waals surface area contributed by atoms with Crippen LogP contribution in [0.15, 0.2) is 65.7 Å². The van der Waals surface area contributed by atoms with Crippen LogP contribution in [0.4, 0.5) is 0 Å². The molecule has 0 bridgehead atoms. The van der Waals surface area contributed by atoms with Gasteiger partial charge in [-0.2, -0.15) is 8.42 Å². The zero-order valence-electron chi connectivity index (χ0n) is 30.5. The summed E-state index contributed by atoms with van der Waals surface area (Å²) >= 11 is 0. The van der Waals surface area contributed by atoms with Crippen LogP contribution in [0.5, 0.6) is 0 Å². The van der Waals surface area contributed by atoms with Gasteiger partial charge in [0.05, 0.1) is 19.3 Å². The first-order valence-electron chi connectivity index (χ1n) is 16.8. The largest absolute Gasteiger partial charge is 1.00 e. The second-order valence-electron chi connectivity index (χ2n) is 13.8. The van der Waals surface area contributed by atoms with Crippen molar-refractivity contribution in [3.8, 4) is 0 Å². The number of hydrogen-bond acceptors (Lipinski definition) is 14. The first kappa shape index (κ1) is 45.0. The number of ether oxygens (including phenoxy) is 4. The summed E-state index contributed by atoms with van der Waals surface area (Å²) in [5, 5.41) is 58.0. The maximum absolute atomic E-state index is 12.2. The van der Waals surface area contributed by atoms with Gasteiger partial charge in [0.15, 0.2) is 18.7 Å². The van der Waals surface area contributed by atoms with Crippen LogP contribution >= 0.6 is 0 Å². The monoisotopic (exact) mass is 779 g/mol. The molecule has 0 aliphatic carbocycles. The molecule has 2 aliphatic heterocycles. The van der Waals surface area contributed by atoms with Gasteiger partial charge < -0.3 is 48.9 Å². The summed E-state index contributed by atoms with van der Waals surface area (Å²) in [6, 6.07) is 17.8. The maximum atomic E-state index is 12.2. The average molecular weight is 780 g/mol. The topological polar surface area (TPSA) is 226 Å². The van der Waals surface area contributed by atoms with E-state index < -0.39 is 104 Å². The minimum absolute atomic E-state index is 0. The molecule has 0 unspecified atom stereocenters. The van der Waals surface area contributed by atoms with Crippen molar-refractivity contribution in [2.45, 2.75) is 120 Å². The summed E-state index contributed by atoms with van der Waals surface area (Å²) in [6.07, 6.45) is -14.8. The minimum atomic E-state index is -5.16. The fourth-order valence-electron chi connectivity index (χ4n) is 6.52. The molecule has 15 nitrogen and oxygen atoms in total. The third-order valence-electron chi connectivity index (χ3n) is 9.14. The summed E-state index contributed by atoms with van der Waals surface area (Å²) in [7, 11) is -8.33. The van der Waals surface area contributed by atoms with E-state index in [2.05, 4.69) is 25.8 Å². The molecule has 2 aliphatic rings. The second kappa shape index (κ2) is 19.0. The van der Waals surface area contributed by atoms with Crippen molar-refractivity contribution in [1.82, 2.24) is 0 Å². The molecular formula is C34H50NNaO14SSi. The van der Waals surface area contributed by atoms with Gasteiger partial charge >= 0.3 is 40.0 Å². The number of benzene rings is 2. The number of aliphatic hydroxyl groups excluding tert-OH is 4. The predicted octanol–water partition coefficient (Wildman–Crippen LogP) is -3.37. The average Bonchev–Trinajstić information content (AvgIpc) is 3.07. The predicted molar refractivity (Wildman–Crippen MR) is 185 cm³/mol. The first-order valence-corrected chi connectivity index (χ1v) is 20.1. The Morgan fingerprint density at radius 3 is 1.92 bits per heavy atom. The van der Waals surface area contributed by atoms with Gasteiger partial charge in [0, 0.05) is 0 Å². The number of aliphatic hydroxyl groups is 4. The Morgan fingerprint density at radius 2 is 1.46 bits per heavy atom. The van der Waals surface area contributed by atoms with Crippen LogP contribution in [-0.4, -0.2) is 128 Å². The van der Waals surface area contributed by atoms with E-state index in [1.807, 2.05) is 60.7 Å². The van der Waals surface area contributed by atoms with Gasteiger partial charge in [-0.05, 0) is 41.6 Å². The van der Waals surface area contributed by atoms with E-state index in [4.69, 9.17) is 27.6 Å². The van der Waals surface area contributed by atoms with Gasteiger partial charge in [-0.3, -0.25) is 9.55 Å². The third kappa shape index (κ3) is 10.5. The summed E-state index contributed by atoms with van der Waals surface area (Å²) in [5.74, 6) is -0.737. The van der Waals surface area contributed by atoms with E-state index in [0.717, 1.165) is 17.3 Å². The fourth-order valence-corrected chi connectivity index (χ4v) is 11.6. The molecule has 5 N–H and O–H groups in total. The number of nitrogens with zero attached hydrogens (tertiary/aromatic N) is 1. The Morgan fingerprint density at radius 1 is 0.923 bits per heavy atom. The van der Waals surface area contributed by atoms with Crippen LogP contribution in [0.2, 0.25) is 5.04 Å². The molecule has 52 heavy (non-hydrogen) atoms. The Labute approximate surface area is 328 Å². The molecule has 11 atom stereocenters. The van der Waals surface area contributed by atoms with Gasteiger partial charge in [0.25, 0.3) is 8.32 Å². The van der Waals surface area contributed by atoms with Crippen molar-refractivity contribution in [2.24, 2.45) is 4.99 Å². The first-order chi connectivity index (χ1) is 23.9. The van der Waals surface area contributed by atoms with Gasteiger partial charge in [-0.25, -0.2) is 4.18 Å². The van der Waals surface area contributed by atoms with Crippen LogP contribution < -0.4 is 45.0 Å². The molecule has 4 rings (SSSR count). The Kier molecular flexibility index (Phi) is 16.4. The summed E-state index contributed by atoms with van der Waals surface area (Å²) in [6.45, 7) is 9.70. The maximum Gasteiger partial charge on any atom is 1.00 e. The molecule has 0 spiro atoms. The molecule has 286 valence electrons. The summed E-state index contributed by atoms with van der Waals surface area (Å²) in [4.78, 5) is 3.90. The number of aliphatic imine (C=N–C) groups is 1. The molecule has 2 heterocycles. The van der Waals surface area contributed by atoms with Crippen molar-refractivity contribution in [1.29, 1.82) is 0 Å². The SMILES string of the molecule is CC[C@H](C)O[C@@H]1O[C@H](CO)[C@@H](O[C@H]2O[C@H](CO[Si](c3ccccc3)(c3ccccc3)C(C)(C)C)[C@@H](O)[C@H](O)[C@H]2N=C(C)[O-])[C@H](O)[C@H]1OS(=O)(=O)O.[Na+]. The van der Waals surface area contributed by atoms with E-state index in [9.17, 15) is 38.5 Å². The zero-order valence-corrected chi connectivity index (χ0v) is 34.3. The molecule has 2 saturated heterocycles. The molecule has 18 heteroatoms. The van der Waals surface area contributed by atoms with E-state index in [1.54, 1.807) is 13.8 Å². The van der Waals surface area contributed by atoms with Crippen LogP contribution in [-0.2, 0) is 38.0 Å². The number of rotatable bonds is 14. The Hall–Kier alpha value is -1.36. The Bertz CT molecular complexity index is 1490. The quantitative estimate of drug-likeness (QED) is 0.0547. The fraction of sp³-hybridized carbons (Fsp3) is 0.618. The second-order valence-corrected chi connectivity index (χ2v) is 19.2. The van der Waals surface area contributed by atoms with Crippen LogP contribution in [0.25, 0.3) is 0 Å². The van der Waals surface area contributed by atoms with E-state index in [0.29, 0.717) is 6.42 Å². The molecule has 0 saturated carbocycles. The van der Waals surface area contributed by atoms with Crippen LogP contribution in [0.1, 0.15) is 48.0 Å². The molecule has 2 fully saturated rings. The molecular weight excluding hydrogens is 730 g/mol. The smallest absolute Gasteiger partial charge is 0.862 e. The molecule has 2 aromatic carbocycles. The van der Waals surface area contributed by atoms with Crippen molar-refractivity contribution in [3.63, 3.8) is 0 Å². The summed E-state index contributed by atoms with van der Waals surface area (Å²) in [5.41, 5.74) is 0. The van der Waals surface area contributed by atoms with Gasteiger partial charge in [-0.1, -0.05) is 88.4 Å². The van der Waals surface area contributed by atoms with Crippen LogP contribution in [0.3, 0.4) is 0 Å². The van der Waals surface area contributed by atoms with Crippen molar-refractivity contribution >= 4 is 35.0 Å². The van der Waals surface area contributed by atoms with Gasteiger partial charge in [0.1, 0.15) is 42.7 Å². The van der Waals surface area contributed by atoms with Crippen LogP contribution in [0, 0.1) is 0 Å². The molecule has 0 amide bonds. The van der Waals surface area contributed by atoms with Crippen molar-refractivity contribution < 1.29 is 95.6 Å². The van der Waals surface area contributed by atoms with E-state index >= 15 is 0 Å². The third-order valence-corrected chi connectivity index (χ3v) is 14.6. The molecule has 0 radical (unpaired) electrons. The number of hydrogen-bond donors (Lipinski definition) is 5. The molecule has 2 aromatic rings. The van der Waals surface area contributed by atoms with Gasteiger partial charge in [0.2, 0.25) is 0 Å². The van der Waals surface area contributed by atoms with Crippen molar-refractivity contribution in [2.75, 3.05) is 13.2 Å². The summed E-state index contributed by atoms with van der Waals surface area (Å²) < 4.78 is 68.5. The standard InChI is InChI=1S/C34H51NO14SSi.Na/c1-7-20(2)45-33-31(49-50(41,42)43)29(40)30(24(18-36)46-33)48-32-26(35-21(3)37)28(39)27(38)25(47-32)19-44-51(34(4,5)6,22-14-10-8-11-15-22)23-16-12-9-13-17-23;/h8-17,20,24-33,36,38-40H,7,18-19H2,1-6H3,(H,35,37)(H,41,42,43);/q;+1/p-1/t20-,24+,25+,26+,27+,28+,29-,30+,31+,32+,33+;/m0./s1. The van der Waals surface area contributed by atoms with E-state index in [-0.39, 0.29) is 36.2 Å². The van der Waals surface area contributed by atoms with Gasteiger partial charge in [-0.15, -0.1) is 0 Å². The zero-order chi connectivity index (χ0) is 37.7. The molecule has 0 aromatic heterocycles. The Balaban J connectivity index is 0.00000729. The van der Waals surface area contributed by atoms with E-state index in [1.165, 1.54) is 0 Å². The normalized spacial score (nSPS) is 31.1. The van der Waals surface area contributed by atoms with Crippen molar-refractivity contribution in [3.05, 3.63) is 60.7 Å².